The number of nitrogens with zero attached hydrogens (tertiary/aromatic N) is 4. The molecule has 0 amide bonds. The molecule has 8 nitrogen and oxygen atoms in total. The van der Waals surface area contributed by atoms with Crippen molar-refractivity contribution in [1.29, 1.82) is 0 Å². The van der Waals surface area contributed by atoms with Crippen LogP contribution >= 0.6 is 11.6 Å². The molecule has 0 bridgehead atoms. The Morgan fingerprint density at radius 3 is 2.89 bits per heavy atom. The second-order valence-corrected chi connectivity index (χ2v) is 7.69. The summed E-state index contributed by atoms with van der Waals surface area (Å²) >= 11 is 5.12. The average molecular weight is 408 g/mol. The fourth-order valence-corrected chi connectivity index (χ4v) is 4.29. The predicted molar refractivity (Wildman–Crippen MR) is 103 cm³/mol. The van der Waals surface area contributed by atoms with Crippen molar-refractivity contribution in [1.82, 2.24) is 19.9 Å². The van der Waals surface area contributed by atoms with Crippen LogP contribution in [0.2, 0.25) is 5.02 Å². The van der Waals surface area contributed by atoms with Crippen molar-refractivity contribution in [2.24, 2.45) is 0 Å². The van der Waals surface area contributed by atoms with Crippen LogP contribution in [0, 0.1) is 0 Å². The SMILES string of the molecule is COc1ccc2nc([S+]([O-])Cc3nccc(N4CCOCC4)c3Cl)[nH]c2n1. The Kier molecular flexibility index (Phi) is 5.35. The Morgan fingerprint density at radius 1 is 1.30 bits per heavy atom. The third kappa shape index (κ3) is 3.81. The van der Waals surface area contributed by atoms with E-state index >= 15 is 0 Å². The Hall–Kier alpha value is -2.07. The third-order valence-corrected chi connectivity index (χ3v) is 5.85. The van der Waals surface area contributed by atoms with Crippen molar-refractivity contribution in [3.63, 3.8) is 0 Å². The number of H-pyrrole nitrogens is 1. The van der Waals surface area contributed by atoms with Gasteiger partial charge in [-0.3, -0.25) is 9.97 Å². The fourth-order valence-electron chi connectivity index (χ4n) is 2.89. The number of rotatable bonds is 5. The quantitative estimate of drug-likeness (QED) is 0.647. The van der Waals surface area contributed by atoms with Gasteiger partial charge in [0, 0.05) is 36.5 Å². The zero-order valence-electron chi connectivity index (χ0n) is 14.6. The fraction of sp³-hybridized carbons (Fsp3) is 0.353. The first-order chi connectivity index (χ1) is 13.2. The number of nitrogens with one attached hydrogen (secondary N) is 1. The molecule has 1 aliphatic heterocycles. The molecule has 4 rings (SSSR count). The van der Waals surface area contributed by atoms with Gasteiger partial charge in [0.2, 0.25) is 5.88 Å². The molecule has 1 atom stereocenters. The number of ether oxygens (including phenoxy) is 2. The van der Waals surface area contributed by atoms with E-state index in [-0.39, 0.29) is 5.75 Å². The van der Waals surface area contributed by atoms with Crippen LogP contribution in [0.25, 0.3) is 11.2 Å². The molecule has 1 fully saturated rings. The molecule has 4 heterocycles. The normalized spacial score (nSPS) is 15.9. The topological polar surface area (TPSA) is 99.2 Å². The van der Waals surface area contributed by atoms with Crippen molar-refractivity contribution in [2.75, 3.05) is 38.3 Å². The molecule has 1 N–H and O–H groups in total. The average Bonchev–Trinajstić information content (AvgIpc) is 3.13. The van der Waals surface area contributed by atoms with E-state index in [1.807, 2.05) is 6.07 Å². The van der Waals surface area contributed by atoms with E-state index in [0.717, 1.165) is 18.8 Å². The van der Waals surface area contributed by atoms with Gasteiger partial charge in [0.15, 0.2) is 11.4 Å². The molecule has 3 aromatic heterocycles. The van der Waals surface area contributed by atoms with Crippen LogP contribution in [0.4, 0.5) is 5.69 Å². The van der Waals surface area contributed by atoms with Crippen LogP contribution in [0.5, 0.6) is 5.88 Å². The first-order valence-corrected chi connectivity index (χ1v) is 10.1. The summed E-state index contributed by atoms with van der Waals surface area (Å²) in [7, 11) is 1.54. The summed E-state index contributed by atoms with van der Waals surface area (Å²) in [6.45, 7) is 2.86. The van der Waals surface area contributed by atoms with Gasteiger partial charge in [-0.15, -0.1) is 0 Å². The molecule has 0 aromatic carbocycles. The number of fused-ring (bicyclic) bond motifs is 1. The molecular formula is C17H18ClN5O3S. The molecule has 3 aromatic rings. The lowest BCUT2D eigenvalue weighted by Crippen LogP contribution is -2.36. The maximum atomic E-state index is 12.8. The minimum Gasteiger partial charge on any atom is -0.609 e. The number of halogens is 1. The van der Waals surface area contributed by atoms with Gasteiger partial charge < -0.3 is 18.9 Å². The van der Waals surface area contributed by atoms with E-state index in [1.165, 1.54) is 0 Å². The molecular weight excluding hydrogens is 390 g/mol. The number of hydrogen-bond acceptors (Lipinski definition) is 7. The van der Waals surface area contributed by atoms with Gasteiger partial charge in [0.1, 0.15) is 11.2 Å². The largest absolute Gasteiger partial charge is 0.609 e. The highest BCUT2D eigenvalue weighted by molar-refractivity contribution is 7.90. The van der Waals surface area contributed by atoms with Gasteiger partial charge in [0.25, 0.3) is 0 Å². The van der Waals surface area contributed by atoms with Gasteiger partial charge in [0.05, 0.1) is 31.0 Å². The second-order valence-electron chi connectivity index (χ2n) is 5.94. The first-order valence-electron chi connectivity index (χ1n) is 8.41. The van der Waals surface area contributed by atoms with Crippen LogP contribution in [0.1, 0.15) is 5.69 Å². The smallest absolute Gasteiger partial charge is 0.323 e. The monoisotopic (exact) mass is 407 g/mol. The van der Waals surface area contributed by atoms with Crippen LogP contribution < -0.4 is 9.64 Å². The Morgan fingerprint density at radius 2 is 2.11 bits per heavy atom. The molecule has 0 saturated carbocycles. The van der Waals surface area contributed by atoms with Gasteiger partial charge >= 0.3 is 5.16 Å². The van der Waals surface area contributed by atoms with Crippen molar-refractivity contribution in [3.05, 3.63) is 35.1 Å². The number of aromatic amines is 1. The predicted octanol–water partition coefficient (Wildman–Crippen LogP) is 2.16. The van der Waals surface area contributed by atoms with Crippen molar-refractivity contribution in [3.8, 4) is 5.88 Å². The van der Waals surface area contributed by atoms with E-state index < -0.39 is 11.2 Å². The Bertz CT molecular complexity index is 947. The lowest BCUT2D eigenvalue weighted by molar-refractivity contribution is 0.122. The summed E-state index contributed by atoms with van der Waals surface area (Å²) < 4.78 is 23.3. The summed E-state index contributed by atoms with van der Waals surface area (Å²) in [6.07, 6.45) is 1.69. The number of pyridine rings is 2. The van der Waals surface area contributed by atoms with E-state index in [2.05, 4.69) is 24.8 Å². The first kappa shape index (κ1) is 18.3. The van der Waals surface area contributed by atoms with Crippen molar-refractivity contribution < 1.29 is 14.0 Å². The van der Waals surface area contributed by atoms with Gasteiger partial charge in [-0.1, -0.05) is 11.6 Å². The van der Waals surface area contributed by atoms with E-state index in [9.17, 15) is 4.55 Å². The molecule has 0 aliphatic carbocycles. The van der Waals surface area contributed by atoms with Crippen LogP contribution in [-0.2, 0) is 21.7 Å². The van der Waals surface area contributed by atoms with Crippen LogP contribution in [-0.4, -0.2) is 57.9 Å². The second kappa shape index (κ2) is 7.89. The minimum atomic E-state index is -1.44. The molecule has 0 radical (unpaired) electrons. The zero-order valence-corrected chi connectivity index (χ0v) is 16.2. The lowest BCUT2D eigenvalue weighted by Gasteiger charge is -2.29. The molecule has 27 heavy (non-hydrogen) atoms. The highest BCUT2D eigenvalue weighted by Gasteiger charge is 2.23. The summed E-state index contributed by atoms with van der Waals surface area (Å²) in [5.41, 5.74) is 2.61. The number of morpholine rings is 1. The molecule has 1 aliphatic rings. The van der Waals surface area contributed by atoms with Crippen molar-refractivity contribution >= 4 is 39.6 Å². The van der Waals surface area contributed by atoms with E-state index in [4.69, 9.17) is 21.1 Å². The van der Waals surface area contributed by atoms with Crippen LogP contribution in [0.15, 0.2) is 29.6 Å². The van der Waals surface area contributed by atoms with Crippen LogP contribution in [0.3, 0.4) is 0 Å². The van der Waals surface area contributed by atoms with E-state index in [1.54, 1.807) is 25.4 Å². The number of imidazole rings is 1. The lowest BCUT2D eigenvalue weighted by atomic mass is 10.3. The summed E-state index contributed by atoms with van der Waals surface area (Å²) in [6, 6.07) is 5.35. The molecule has 1 saturated heterocycles. The van der Waals surface area contributed by atoms with Gasteiger partial charge in [-0.2, -0.15) is 9.97 Å². The highest BCUT2D eigenvalue weighted by atomic mass is 35.5. The van der Waals surface area contributed by atoms with Gasteiger partial charge in [-0.25, -0.2) is 0 Å². The number of anilines is 1. The maximum Gasteiger partial charge on any atom is 0.323 e. The van der Waals surface area contributed by atoms with Crippen molar-refractivity contribution in [2.45, 2.75) is 10.9 Å². The maximum absolute atomic E-state index is 12.8. The summed E-state index contributed by atoms with van der Waals surface area (Å²) in [4.78, 5) is 18.1. The molecule has 1 unspecified atom stereocenters. The Balaban J connectivity index is 1.56. The highest BCUT2D eigenvalue weighted by Crippen LogP contribution is 2.30. The Labute approximate surface area is 164 Å². The third-order valence-electron chi connectivity index (χ3n) is 4.28. The number of aromatic nitrogens is 4. The summed E-state index contributed by atoms with van der Waals surface area (Å²) in [5, 5.41) is 0.851. The standard InChI is InChI=1S/C17H18ClN5O3S/c1-25-14-3-2-11-16(21-14)22-17(20-11)27(24)10-12-15(18)13(4-5-19-12)23-6-8-26-9-7-23/h2-5H,6-10H2,1H3,(H,20,21,22). The number of hydrogen-bond donors (Lipinski definition) is 1. The molecule has 10 heteroatoms. The molecule has 0 spiro atoms. The zero-order chi connectivity index (χ0) is 18.8. The van der Waals surface area contributed by atoms with E-state index in [0.29, 0.717) is 46.1 Å². The molecule has 142 valence electrons. The minimum absolute atomic E-state index is 0.161. The van der Waals surface area contributed by atoms with Gasteiger partial charge in [-0.05, 0) is 12.1 Å². The number of methoxy groups -OCH3 is 1. The summed E-state index contributed by atoms with van der Waals surface area (Å²) in [5.74, 6) is 0.625.